The van der Waals surface area contributed by atoms with Gasteiger partial charge < -0.3 is 21.1 Å². The van der Waals surface area contributed by atoms with Gasteiger partial charge in [-0.15, -0.1) is 0 Å². The van der Waals surface area contributed by atoms with Crippen LogP contribution in [0.25, 0.3) is 0 Å². The number of rotatable bonds is 16. The van der Waals surface area contributed by atoms with Crippen LogP contribution in [-0.2, 0) is 9.59 Å². The molecule has 0 saturated carbocycles. The average Bonchev–Trinajstić information content (AvgIpc) is 2.58. The molecule has 5 N–H and O–H groups in total. The molecule has 0 bridgehead atoms. The molecular weight excluding hydrogens is 322 g/mol. The van der Waals surface area contributed by atoms with E-state index in [0.717, 1.165) is 6.42 Å². The van der Waals surface area contributed by atoms with Crippen LogP contribution in [0, 0.1) is 0 Å². The molecule has 150 valence electrons. The van der Waals surface area contributed by atoms with E-state index in [1.54, 1.807) is 0 Å². The molecule has 0 heterocycles. The first-order chi connectivity index (χ1) is 12.0. The molecule has 0 amide bonds. The van der Waals surface area contributed by atoms with Crippen LogP contribution in [0.5, 0.6) is 0 Å². The number of aliphatic hydroxyl groups excluding tert-OH is 1. The van der Waals surface area contributed by atoms with Crippen molar-refractivity contribution in [2.45, 2.75) is 103 Å². The zero-order valence-corrected chi connectivity index (χ0v) is 15.9. The van der Waals surface area contributed by atoms with E-state index in [4.69, 9.17) is 21.1 Å². The van der Waals surface area contributed by atoms with Crippen LogP contribution in [0.3, 0.4) is 0 Å². The molecule has 0 aromatic rings. The van der Waals surface area contributed by atoms with Crippen LogP contribution >= 0.6 is 0 Å². The summed E-state index contributed by atoms with van der Waals surface area (Å²) in [6.07, 6.45) is 16.0. The Kier molecular flexibility index (Phi) is 21.8. The molecule has 0 fully saturated rings. The largest absolute Gasteiger partial charge is 0.481 e. The Morgan fingerprint density at radius 2 is 1.20 bits per heavy atom. The van der Waals surface area contributed by atoms with Crippen molar-refractivity contribution < 1.29 is 24.9 Å². The third-order valence-corrected chi connectivity index (χ3v) is 4.00. The van der Waals surface area contributed by atoms with E-state index in [2.05, 4.69) is 6.92 Å². The van der Waals surface area contributed by atoms with Crippen LogP contribution in [0.1, 0.15) is 96.8 Å². The van der Waals surface area contributed by atoms with Crippen molar-refractivity contribution >= 4 is 11.9 Å². The minimum absolute atomic E-state index is 0.0231. The minimum Gasteiger partial charge on any atom is -0.481 e. The van der Waals surface area contributed by atoms with Crippen molar-refractivity contribution in [3.8, 4) is 0 Å². The van der Waals surface area contributed by atoms with Crippen molar-refractivity contribution in [2.75, 3.05) is 6.61 Å². The van der Waals surface area contributed by atoms with E-state index in [-0.39, 0.29) is 12.8 Å². The number of aliphatic hydroxyl groups is 1. The maximum absolute atomic E-state index is 9.99. The monoisotopic (exact) mass is 361 g/mol. The van der Waals surface area contributed by atoms with Crippen LogP contribution < -0.4 is 5.73 Å². The predicted molar refractivity (Wildman–Crippen MR) is 101 cm³/mol. The third-order valence-electron chi connectivity index (χ3n) is 4.00. The van der Waals surface area contributed by atoms with E-state index >= 15 is 0 Å². The maximum atomic E-state index is 9.99. The van der Waals surface area contributed by atoms with Gasteiger partial charge in [-0.05, 0) is 12.8 Å². The first-order valence-electron chi connectivity index (χ1n) is 9.76. The van der Waals surface area contributed by atoms with Crippen LogP contribution in [0.15, 0.2) is 0 Å². The molecule has 0 rings (SSSR count). The van der Waals surface area contributed by atoms with Gasteiger partial charge in [-0.1, -0.05) is 77.6 Å². The molecule has 6 nitrogen and oxygen atoms in total. The molecule has 1 atom stereocenters. The lowest BCUT2D eigenvalue weighted by Crippen LogP contribution is -2.30. The average molecular weight is 362 g/mol. The molecule has 0 aromatic heterocycles. The Labute approximate surface area is 152 Å². The molecule has 0 spiro atoms. The maximum Gasteiger partial charge on any atom is 0.320 e. The second-order valence-electron chi connectivity index (χ2n) is 6.49. The number of carbonyl (C=O) groups is 2. The highest BCUT2D eigenvalue weighted by Crippen LogP contribution is 2.11. The minimum atomic E-state index is -1.17. The van der Waals surface area contributed by atoms with Gasteiger partial charge in [-0.2, -0.15) is 0 Å². The lowest BCUT2D eigenvalue weighted by Gasteiger charge is -2.01. The molecule has 0 radical (unpaired) electrons. The van der Waals surface area contributed by atoms with E-state index in [1.165, 1.54) is 70.6 Å². The molecule has 0 saturated heterocycles. The highest BCUT2D eigenvalue weighted by Gasteiger charge is 2.12. The van der Waals surface area contributed by atoms with Crippen LogP contribution in [-0.4, -0.2) is 39.9 Å². The van der Waals surface area contributed by atoms with Crippen molar-refractivity contribution in [3.63, 3.8) is 0 Å². The van der Waals surface area contributed by atoms with Crippen molar-refractivity contribution in [2.24, 2.45) is 5.73 Å². The molecule has 0 aromatic carbocycles. The Bertz CT molecular complexity index is 298. The lowest BCUT2D eigenvalue weighted by molar-refractivity contribution is -0.139. The Morgan fingerprint density at radius 3 is 1.52 bits per heavy atom. The zero-order chi connectivity index (χ0) is 19.3. The molecular formula is C19H39NO5. The van der Waals surface area contributed by atoms with E-state index in [0.29, 0.717) is 6.61 Å². The summed E-state index contributed by atoms with van der Waals surface area (Å²) in [7, 11) is 0. The molecule has 25 heavy (non-hydrogen) atoms. The topological polar surface area (TPSA) is 121 Å². The smallest absolute Gasteiger partial charge is 0.320 e. The Hall–Kier alpha value is -1.14. The van der Waals surface area contributed by atoms with Gasteiger partial charge in [0.1, 0.15) is 6.04 Å². The number of carboxylic acid groups (broad SMARTS) is 2. The Balaban J connectivity index is 0. The summed E-state index contributed by atoms with van der Waals surface area (Å²) in [4.78, 5) is 19.9. The molecule has 0 aliphatic carbocycles. The number of carboxylic acids is 2. The molecule has 0 aliphatic rings. The quantitative estimate of drug-likeness (QED) is 0.309. The van der Waals surface area contributed by atoms with Gasteiger partial charge >= 0.3 is 11.9 Å². The second-order valence-corrected chi connectivity index (χ2v) is 6.49. The summed E-state index contributed by atoms with van der Waals surface area (Å²) in [5.41, 5.74) is 5.00. The fourth-order valence-electron chi connectivity index (χ4n) is 2.36. The van der Waals surface area contributed by atoms with E-state index < -0.39 is 18.0 Å². The van der Waals surface area contributed by atoms with Gasteiger partial charge in [-0.25, -0.2) is 0 Å². The van der Waals surface area contributed by atoms with Crippen molar-refractivity contribution in [3.05, 3.63) is 0 Å². The van der Waals surface area contributed by atoms with Gasteiger partial charge in [0, 0.05) is 13.0 Å². The van der Waals surface area contributed by atoms with E-state index in [1.807, 2.05) is 0 Å². The SMILES string of the molecule is CCCCCCCCCCCCCCO.NC(CCC(=O)O)C(=O)O. The standard InChI is InChI=1S/C14H30O.C5H9NO4/c1-2-3-4-5-6-7-8-9-10-11-12-13-14-15;6-3(5(9)10)1-2-4(7)8/h15H,2-14H2,1H3;3H,1-2,6H2,(H,7,8)(H,9,10). The number of aliphatic carboxylic acids is 2. The number of hydrogen-bond acceptors (Lipinski definition) is 4. The first-order valence-corrected chi connectivity index (χ1v) is 9.76. The second kappa shape index (κ2) is 20.9. The van der Waals surface area contributed by atoms with Gasteiger partial charge in [0.05, 0.1) is 0 Å². The fourth-order valence-corrected chi connectivity index (χ4v) is 2.36. The first kappa shape index (κ1) is 26.1. The van der Waals surface area contributed by atoms with Crippen molar-refractivity contribution in [1.82, 2.24) is 0 Å². The Morgan fingerprint density at radius 1 is 0.800 bits per heavy atom. The summed E-state index contributed by atoms with van der Waals surface area (Å²) in [5, 5.41) is 24.9. The van der Waals surface area contributed by atoms with Crippen LogP contribution in [0.2, 0.25) is 0 Å². The summed E-state index contributed by atoms with van der Waals surface area (Å²) in [6.45, 7) is 2.64. The van der Waals surface area contributed by atoms with Gasteiger partial charge in [-0.3, -0.25) is 9.59 Å². The number of nitrogens with two attached hydrogens (primary N) is 1. The van der Waals surface area contributed by atoms with E-state index in [9.17, 15) is 9.59 Å². The lowest BCUT2D eigenvalue weighted by atomic mass is 10.1. The molecule has 1 unspecified atom stereocenters. The molecule has 0 aliphatic heterocycles. The normalized spacial score (nSPS) is 11.5. The van der Waals surface area contributed by atoms with Crippen molar-refractivity contribution in [1.29, 1.82) is 0 Å². The number of unbranched alkanes of at least 4 members (excludes halogenated alkanes) is 11. The third kappa shape index (κ3) is 25.2. The zero-order valence-electron chi connectivity index (χ0n) is 15.9. The summed E-state index contributed by atoms with van der Waals surface area (Å²) in [5.74, 6) is -2.20. The summed E-state index contributed by atoms with van der Waals surface area (Å²) < 4.78 is 0. The van der Waals surface area contributed by atoms with Crippen LogP contribution in [0.4, 0.5) is 0 Å². The molecule has 6 heteroatoms. The van der Waals surface area contributed by atoms with Gasteiger partial charge in [0.15, 0.2) is 0 Å². The van der Waals surface area contributed by atoms with Gasteiger partial charge in [0.25, 0.3) is 0 Å². The summed E-state index contributed by atoms with van der Waals surface area (Å²) in [6, 6.07) is -1.06. The fraction of sp³-hybridized carbons (Fsp3) is 0.895. The highest BCUT2D eigenvalue weighted by molar-refractivity contribution is 5.74. The summed E-state index contributed by atoms with van der Waals surface area (Å²) >= 11 is 0. The number of hydrogen-bond donors (Lipinski definition) is 4. The predicted octanol–water partition coefficient (Wildman–Crippen LogP) is 3.94. The highest BCUT2D eigenvalue weighted by atomic mass is 16.4. The van der Waals surface area contributed by atoms with Gasteiger partial charge in [0.2, 0.25) is 0 Å².